The lowest BCUT2D eigenvalue weighted by molar-refractivity contribution is -0.953. The molecule has 5 heterocycles. The van der Waals surface area contributed by atoms with Crippen LogP contribution in [0.25, 0.3) is 10.2 Å². The van der Waals surface area contributed by atoms with Crippen LogP contribution in [-0.4, -0.2) is 58.6 Å². The van der Waals surface area contributed by atoms with Crippen molar-refractivity contribution in [1.82, 2.24) is 14.9 Å². The lowest BCUT2D eigenvalue weighted by Crippen LogP contribution is -2.66. The molecule has 1 aliphatic carbocycles. The molecule has 23 heavy (non-hydrogen) atoms. The van der Waals surface area contributed by atoms with Crippen LogP contribution in [0.2, 0.25) is 0 Å². The van der Waals surface area contributed by atoms with Crippen molar-refractivity contribution < 1.29 is 4.48 Å². The number of thiophene rings is 1. The minimum atomic E-state index is 0.0956. The fraction of sp³-hybridized carbons (Fsp3) is 0.647. The number of hydrogen-bond donors (Lipinski definition) is 1. The number of piperazine rings is 3. The summed E-state index contributed by atoms with van der Waals surface area (Å²) in [5, 5.41) is 0.886. The first-order chi connectivity index (χ1) is 11.2. The van der Waals surface area contributed by atoms with E-state index < -0.39 is 0 Å². The summed E-state index contributed by atoms with van der Waals surface area (Å²) in [5.74, 6) is 0.899. The van der Waals surface area contributed by atoms with Gasteiger partial charge < -0.3 is 9.47 Å². The minimum Gasteiger partial charge on any atom is -0.314 e. The van der Waals surface area contributed by atoms with Gasteiger partial charge in [-0.15, -0.1) is 11.3 Å². The second-order valence-electron chi connectivity index (χ2n) is 7.42. The molecule has 4 aliphatic rings. The van der Waals surface area contributed by atoms with Crippen LogP contribution in [-0.2, 0) is 19.4 Å². The zero-order valence-electron chi connectivity index (χ0n) is 13.4. The summed E-state index contributed by atoms with van der Waals surface area (Å²) in [6.45, 7) is 8.06. The summed E-state index contributed by atoms with van der Waals surface area (Å²) in [5.41, 5.74) is 1.38. The van der Waals surface area contributed by atoms with E-state index in [9.17, 15) is 4.79 Å². The van der Waals surface area contributed by atoms with E-state index in [0.29, 0.717) is 0 Å². The Balaban J connectivity index is 1.54. The summed E-state index contributed by atoms with van der Waals surface area (Å²) < 4.78 is 1.11. The highest BCUT2D eigenvalue weighted by Crippen LogP contribution is 2.33. The maximum atomic E-state index is 12.7. The van der Waals surface area contributed by atoms with E-state index in [-0.39, 0.29) is 5.56 Å². The van der Waals surface area contributed by atoms with Crippen LogP contribution >= 0.6 is 11.3 Å². The van der Waals surface area contributed by atoms with Gasteiger partial charge in [-0.3, -0.25) is 9.69 Å². The predicted molar refractivity (Wildman–Crippen MR) is 91.9 cm³/mol. The summed E-state index contributed by atoms with van der Waals surface area (Å²) >= 11 is 1.76. The first-order valence-corrected chi connectivity index (χ1v) is 9.65. The average molecular weight is 331 g/mol. The van der Waals surface area contributed by atoms with Crippen molar-refractivity contribution in [3.8, 4) is 0 Å². The van der Waals surface area contributed by atoms with Crippen molar-refractivity contribution in [3.05, 3.63) is 26.6 Å². The lowest BCUT2D eigenvalue weighted by Gasteiger charge is -2.50. The Morgan fingerprint density at radius 3 is 2.65 bits per heavy atom. The summed E-state index contributed by atoms with van der Waals surface area (Å²) in [6, 6.07) is 0. The van der Waals surface area contributed by atoms with Crippen LogP contribution < -0.4 is 5.56 Å². The minimum absolute atomic E-state index is 0.0956. The van der Waals surface area contributed by atoms with Gasteiger partial charge in [0, 0.05) is 24.5 Å². The van der Waals surface area contributed by atoms with Gasteiger partial charge in [0.05, 0.1) is 25.0 Å². The van der Waals surface area contributed by atoms with Gasteiger partial charge in [0.1, 0.15) is 11.4 Å². The smallest absolute Gasteiger partial charge is 0.260 e. The van der Waals surface area contributed by atoms with Gasteiger partial charge in [0.25, 0.3) is 5.56 Å². The standard InChI is InChI=1S/C17H22N4OS/c22-16-15-12-3-1-2-4-13(12)23-17(15)19-14(18-16)11-21-8-5-20(6-9-21)7-10-21/h1-11H2/p+1. The van der Waals surface area contributed by atoms with Gasteiger partial charge in [-0.1, -0.05) is 0 Å². The van der Waals surface area contributed by atoms with Gasteiger partial charge in [-0.2, -0.15) is 0 Å². The molecule has 0 spiro atoms. The Morgan fingerprint density at radius 2 is 1.87 bits per heavy atom. The van der Waals surface area contributed by atoms with Crippen LogP contribution in [0.4, 0.5) is 0 Å². The molecule has 0 atom stereocenters. The number of aryl methyl sites for hydroxylation is 2. The first kappa shape index (κ1) is 14.1. The third kappa shape index (κ3) is 2.27. The van der Waals surface area contributed by atoms with Crippen molar-refractivity contribution >= 4 is 21.6 Å². The third-order valence-corrected chi connectivity index (χ3v) is 7.22. The molecule has 0 unspecified atom stereocenters. The van der Waals surface area contributed by atoms with Crippen LogP contribution in [0.5, 0.6) is 0 Å². The average Bonchev–Trinajstić information content (AvgIpc) is 2.94. The quantitative estimate of drug-likeness (QED) is 0.849. The fourth-order valence-corrected chi connectivity index (χ4v) is 5.85. The van der Waals surface area contributed by atoms with Gasteiger partial charge in [-0.05, 0) is 31.2 Å². The molecule has 3 aliphatic heterocycles. The SMILES string of the molecule is O=c1[nH]c(C[N+]23CCN(CC2)CC3)nc2sc3c(c12)CCCC3. The third-order valence-electron chi connectivity index (χ3n) is 6.03. The van der Waals surface area contributed by atoms with Crippen LogP contribution in [0, 0.1) is 0 Å². The van der Waals surface area contributed by atoms with E-state index in [2.05, 4.69) is 9.88 Å². The summed E-state index contributed by atoms with van der Waals surface area (Å²) in [4.78, 5) is 25.6. The molecular formula is C17H23N4OS+. The molecule has 1 N–H and O–H groups in total. The van der Waals surface area contributed by atoms with Crippen LogP contribution in [0.1, 0.15) is 29.1 Å². The van der Waals surface area contributed by atoms with Crippen molar-refractivity contribution in [2.24, 2.45) is 0 Å². The number of fused-ring (bicyclic) bond motifs is 6. The van der Waals surface area contributed by atoms with E-state index >= 15 is 0 Å². The molecule has 3 saturated heterocycles. The number of nitrogens with zero attached hydrogens (tertiary/aromatic N) is 3. The van der Waals surface area contributed by atoms with E-state index in [1.807, 2.05) is 0 Å². The molecule has 5 nitrogen and oxygen atoms in total. The van der Waals surface area contributed by atoms with Crippen molar-refractivity contribution in [3.63, 3.8) is 0 Å². The fourth-order valence-electron chi connectivity index (χ4n) is 4.57. The normalized spacial score (nSPS) is 29.8. The predicted octanol–water partition coefficient (Wildman–Crippen LogP) is 1.51. The molecule has 6 heteroatoms. The number of aromatic nitrogens is 2. The van der Waals surface area contributed by atoms with E-state index in [4.69, 9.17) is 4.98 Å². The van der Waals surface area contributed by atoms with Crippen LogP contribution in [0.15, 0.2) is 4.79 Å². The molecule has 3 fully saturated rings. The van der Waals surface area contributed by atoms with Crippen molar-refractivity contribution in [2.75, 3.05) is 39.3 Å². The molecule has 2 aromatic heterocycles. The van der Waals surface area contributed by atoms with Gasteiger partial charge >= 0.3 is 0 Å². The van der Waals surface area contributed by atoms with Gasteiger partial charge in [-0.25, -0.2) is 4.98 Å². The largest absolute Gasteiger partial charge is 0.314 e. The number of rotatable bonds is 2. The van der Waals surface area contributed by atoms with Gasteiger partial charge in [0.15, 0.2) is 5.82 Å². The molecule has 0 amide bonds. The Morgan fingerprint density at radius 1 is 1.13 bits per heavy atom. The number of H-pyrrole nitrogens is 1. The molecule has 2 aromatic rings. The molecule has 6 rings (SSSR count). The maximum absolute atomic E-state index is 12.7. The Kier molecular flexibility index (Phi) is 3.15. The zero-order valence-corrected chi connectivity index (χ0v) is 14.3. The molecule has 0 saturated carbocycles. The number of hydrogen-bond acceptors (Lipinski definition) is 4. The van der Waals surface area contributed by atoms with E-state index in [1.54, 1.807) is 11.3 Å². The Bertz CT molecular complexity index is 802. The van der Waals surface area contributed by atoms with E-state index in [0.717, 1.165) is 39.9 Å². The van der Waals surface area contributed by atoms with Crippen LogP contribution in [0.3, 0.4) is 0 Å². The maximum Gasteiger partial charge on any atom is 0.260 e. The number of aromatic amines is 1. The highest BCUT2D eigenvalue weighted by molar-refractivity contribution is 7.18. The second kappa shape index (κ2) is 5.13. The monoisotopic (exact) mass is 331 g/mol. The Labute approximate surface area is 139 Å². The summed E-state index contributed by atoms with van der Waals surface area (Å²) in [7, 11) is 0. The molecule has 2 bridgehead atoms. The second-order valence-corrected chi connectivity index (χ2v) is 8.50. The topological polar surface area (TPSA) is 49.0 Å². The lowest BCUT2D eigenvalue weighted by atomic mass is 9.97. The molecule has 122 valence electrons. The first-order valence-electron chi connectivity index (χ1n) is 8.83. The molecular weight excluding hydrogens is 308 g/mol. The molecule has 0 radical (unpaired) electrons. The molecule has 0 aromatic carbocycles. The summed E-state index contributed by atoms with van der Waals surface area (Å²) in [6.07, 6.45) is 4.63. The Hall–Kier alpha value is -1.24. The van der Waals surface area contributed by atoms with E-state index in [1.165, 1.54) is 62.6 Å². The highest BCUT2D eigenvalue weighted by atomic mass is 32.1. The van der Waals surface area contributed by atoms with Gasteiger partial charge in [0.2, 0.25) is 0 Å². The van der Waals surface area contributed by atoms with Crippen molar-refractivity contribution in [1.29, 1.82) is 0 Å². The zero-order chi connectivity index (χ0) is 15.4. The number of nitrogens with one attached hydrogen (secondary N) is 1. The highest BCUT2D eigenvalue weighted by Gasteiger charge is 2.39. The van der Waals surface area contributed by atoms with Crippen molar-refractivity contribution in [2.45, 2.75) is 32.2 Å². The number of quaternary nitrogens is 1.